The standard InChI is InChI=1S/C9H7F5O/c1-5-3-2-4-6(15-8(10)11)7(5)9(12,13)14/h2-4,8H,1H3. The van der Waals surface area contributed by atoms with Crippen LogP contribution in [0.25, 0.3) is 0 Å². The van der Waals surface area contributed by atoms with Gasteiger partial charge in [0.2, 0.25) is 0 Å². The number of halogens is 5. The van der Waals surface area contributed by atoms with Gasteiger partial charge in [0, 0.05) is 0 Å². The maximum atomic E-state index is 12.4. The first kappa shape index (κ1) is 11.7. The highest BCUT2D eigenvalue weighted by Gasteiger charge is 2.36. The highest BCUT2D eigenvalue weighted by Crippen LogP contribution is 2.38. The lowest BCUT2D eigenvalue weighted by Crippen LogP contribution is -2.13. The van der Waals surface area contributed by atoms with Crippen molar-refractivity contribution >= 4 is 0 Å². The molecule has 0 bridgehead atoms. The van der Waals surface area contributed by atoms with Crippen molar-refractivity contribution in [2.45, 2.75) is 19.7 Å². The monoisotopic (exact) mass is 226 g/mol. The van der Waals surface area contributed by atoms with Gasteiger partial charge >= 0.3 is 12.8 Å². The minimum Gasteiger partial charge on any atom is -0.434 e. The van der Waals surface area contributed by atoms with Gasteiger partial charge in [0.1, 0.15) is 11.3 Å². The zero-order chi connectivity index (χ0) is 11.6. The zero-order valence-electron chi connectivity index (χ0n) is 7.61. The van der Waals surface area contributed by atoms with Crippen LogP contribution in [0.2, 0.25) is 0 Å². The summed E-state index contributed by atoms with van der Waals surface area (Å²) in [5.74, 6) is -0.850. The molecule has 1 rings (SSSR count). The number of ether oxygens (including phenoxy) is 1. The highest BCUT2D eigenvalue weighted by atomic mass is 19.4. The molecule has 0 radical (unpaired) electrons. The van der Waals surface area contributed by atoms with Crippen molar-refractivity contribution in [1.29, 1.82) is 0 Å². The number of aryl methyl sites for hydroxylation is 1. The molecule has 1 aromatic rings. The lowest BCUT2D eigenvalue weighted by Gasteiger charge is -2.15. The maximum absolute atomic E-state index is 12.4. The summed E-state index contributed by atoms with van der Waals surface area (Å²) in [6, 6.07) is 3.27. The molecular weight excluding hydrogens is 219 g/mol. The Morgan fingerprint density at radius 2 is 1.80 bits per heavy atom. The molecule has 0 aliphatic rings. The summed E-state index contributed by atoms with van der Waals surface area (Å²) in [5.41, 5.74) is -1.31. The molecule has 0 saturated heterocycles. The first-order valence-corrected chi connectivity index (χ1v) is 3.94. The third-order valence-electron chi connectivity index (χ3n) is 1.73. The average Bonchev–Trinajstić information content (AvgIpc) is 1.99. The van der Waals surface area contributed by atoms with Crippen molar-refractivity contribution in [3.8, 4) is 5.75 Å². The van der Waals surface area contributed by atoms with Gasteiger partial charge in [0.05, 0.1) is 0 Å². The van der Waals surface area contributed by atoms with E-state index in [1.807, 2.05) is 0 Å². The van der Waals surface area contributed by atoms with Gasteiger partial charge in [0.25, 0.3) is 0 Å². The molecule has 0 N–H and O–H groups in total. The fraction of sp³-hybridized carbons (Fsp3) is 0.333. The molecule has 6 heteroatoms. The molecule has 0 unspecified atom stereocenters. The third kappa shape index (κ3) is 2.81. The first-order valence-electron chi connectivity index (χ1n) is 3.94. The molecule has 0 atom stereocenters. The summed E-state index contributed by atoms with van der Waals surface area (Å²) in [7, 11) is 0. The highest BCUT2D eigenvalue weighted by molar-refractivity contribution is 5.41. The van der Waals surface area contributed by atoms with Crippen LogP contribution in [-0.4, -0.2) is 6.61 Å². The third-order valence-corrected chi connectivity index (χ3v) is 1.73. The SMILES string of the molecule is Cc1cccc(OC(F)F)c1C(F)(F)F. The number of hydrogen-bond acceptors (Lipinski definition) is 1. The predicted octanol–water partition coefficient (Wildman–Crippen LogP) is 3.62. The van der Waals surface area contributed by atoms with Crippen molar-refractivity contribution < 1.29 is 26.7 Å². The van der Waals surface area contributed by atoms with Crippen LogP contribution >= 0.6 is 0 Å². The Kier molecular flexibility index (Phi) is 3.16. The first-order chi connectivity index (χ1) is 6.82. The van der Waals surface area contributed by atoms with Crippen LogP contribution in [0.3, 0.4) is 0 Å². The van der Waals surface area contributed by atoms with Crippen LogP contribution in [0.15, 0.2) is 18.2 Å². The summed E-state index contributed by atoms with van der Waals surface area (Å²) < 4.78 is 64.8. The van der Waals surface area contributed by atoms with Gasteiger partial charge in [-0.2, -0.15) is 22.0 Å². The van der Waals surface area contributed by atoms with Gasteiger partial charge in [0.15, 0.2) is 0 Å². The van der Waals surface area contributed by atoms with Crippen molar-refractivity contribution in [1.82, 2.24) is 0 Å². The molecule has 0 fully saturated rings. The molecule has 0 spiro atoms. The van der Waals surface area contributed by atoms with E-state index in [9.17, 15) is 22.0 Å². The molecule has 15 heavy (non-hydrogen) atoms. The van der Waals surface area contributed by atoms with Gasteiger partial charge in [-0.1, -0.05) is 12.1 Å². The Balaban J connectivity index is 3.21. The second-order valence-corrected chi connectivity index (χ2v) is 2.82. The quantitative estimate of drug-likeness (QED) is 0.700. The van der Waals surface area contributed by atoms with Gasteiger partial charge in [-0.05, 0) is 18.6 Å². The van der Waals surface area contributed by atoms with Crippen LogP contribution in [0.5, 0.6) is 5.75 Å². The molecule has 0 aliphatic heterocycles. The average molecular weight is 226 g/mol. The molecule has 1 aromatic carbocycles. The number of hydrogen-bond donors (Lipinski definition) is 0. The zero-order valence-corrected chi connectivity index (χ0v) is 7.61. The fourth-order valence-electron chi connectivity index (χ4n) is 1.20. The van der Waals surface area contributed by atoms with Gasteiger partial charge in [-0.25, -0.2) is 0 Å². The lowest BCUT2D eigenvalue weighted by molar-refractivity contribution is -0.142. The smallest absolute Gasteiger partial charge is 0.420 e. The van der Waals surface area contributed by atoms with Gasteiger partial charge < -0.3 is 4.74 Å². The van der Waals surface area contributed by atoms with Gasteiger partial charge in [-0.3, -0.25) is 0 Å². The van der Waals surface area contributed by atoms with Crippen LogP contribution < -0.4 is 4.74 Å². The topological polar surface area (TPSA) is 9.23 Å². The fourth-order valence-corrected chi connectivity index (χ4v) is 1.20. The lowest BCUT2D eigenvalue weighted by atomic mass is 10.1. The van der Waals surface area contributed by atoms with Crippen LogP contribution in [-0.2, 0) is 6.18 Å². The second-order valence-electron chi connectivity index (χ2n) is 2.82. The van der Waals surface area contributed by atoms with E-state index in [-0.39, 0.29) is 5.56 Å². The molecule has 0 heterocycles. The van der Waals surface area contributed by atoms with E-state index in [0.717, 1.165) is 6.07 Å². The minimum absolute atomic E-state index is 0.152. The van der Waals surface area contributed by atoms with E-state index < -0.39 is 24.1 Å². The molecule has 84 valence electrons. The Morgan fingerprint density at radius 1 is 1.20 bits per heavy atom. The Labute approximate surface area is 82.5 Å². The van der Waals surface area contributed by atoms with Crippen molar-refractivity contribution in [3.63, 3.8) is 0 Å². The summed E-state index contributed by atoms with van der Waals surface area (Å²) in [6.07, 6.45) is -4.70. The van der Waals surface area contributed by atoms with Crippen LogP contribution in [0.4, 0.5) is 22.0 Å². The van der Waals surface area contributed by atoms with Crippen molar-refractivity contribution in [2.24, 2.45) is 0 Å². The molecule has 0 saturated carbocycles. The van der Waals surface area contributed by atoms with Crippen molar-refractivity contribution in [3.05, 3.63) is 29.3 Å². The predicted molar refractivity (Wildman–Crippen MR) is 42.8 cm³/mol. The summed E-state index contributed by atoms with van der Waals surface area (Å²) >= 11 is 0. The van der Waals surface area contributed by atoms with Crippen LogP contribution in [0.1, 0.15) is 11.1 Å². The Hall–Kier alpha value is -1.33. The summed E-state index contributed by atoms with van der Waals surface area (Å²) in [4.78, 5) is 0. The van der Waals surface area contributed by atoms with E-state index in [1.54, 1.807) is 0 Å². The van der Waals surface area contributed by atoms with E-state index in [1.165, 1.54) is 19.1 Å². The second kappa shape index (κ2) is 4.04. The molecule has 0 aliphatic carbocycles. The Morgan fingerprint density at radius 3 is 2.27 bits per heavy atom. The number of benzene rings is 1. The minimum atomic E-state index is -4.70. The summed E-state index contributed by atoms with van der Waals surface area (Å²) in [6.45, 7) is -2.09. The Bertz CT molecular complexity index is 345. The molecular formula is C9H7F5O. The number of rotatable bonds is 2. The van der Waals surface area contributed by atoms with Gasteiger partial charge in [-0.15, -0.1) is 0 Å². The maximum Gasteiger partial charge on any atom is 0.420 e. The van der Waals surface area contributed by atoms with E-state index in [4.69, 9.17) is 0 Å². The molecule has 0 amide bonds. The largest absolute Gasteiger partial charge is 0.434 e. The van der Waals surface area contributed by atoms with E-state index >= 15 is 0 Å². The van der Waals surface area contributed by atoms with Crippen LogP contribution in [0, 0.1) is 6.92 Å². The van der Waals surface area contributed by atoms with Crippen molar-refractivity contribution in [2.75, 3.05) is 0 Å². The van der Waals surface area contributed by atoms with E-state index in [0.29, 0.717) is 0 Å². The number of alkyl halides is 5. The molecule has 0 aromatic heterocycles. The molecule has 1 nitrogen and oxygen atoms in total. The summed E-state index contributed by atoms with van der Waals surface area (Å²) in [5, 5.41) is 0. The van der Waals surface area contributed by atoms with E-state index in [2.05, 4.69) is 4.74 Å². The normalized spacial score (nSPS) is 11.9.